The molecule has 0 spiro atoms. The lowest BCUT2D eigenvalue weighted by molar-refractivity contribution is 0.0976. The van der Waals surface area contributed by atoms with Crippen molar-refractivity contribution in [2.75, 3.05) is 10.2 Å². The molecule has 6 heteroatoms. The minimum Gasteiger partial charge on any atom is -0.366 e. The fourth-order valence-electron chi connectivity index (χ4n) is 3.56. The molecule has 142 valence electrons. The van der Waals surface area contributed by atoms with E-state index in [1.165, 1.54) is 5.56 Å². The van der Waals surface area contributed by atoms with E-state index in [9.17, 15) is 4.79 Å². The molecule has 2 aromatic carbocycles. The molecule has 1 atom stereocenters. The highest BCUT2D eigenvalue weighted by atomic mass is 35.5. The average molecular weight is 393 g/mol. The van der Waals surface area contributed by atoms with Crippen LogP contribution in [0.25, 0.3) is 0 Å². The molecule has 5 nitrogen and oxygen atoms in total. The van der Waals surface area contributed by atoms with Crippen molar-refractivity contribution in [2.24, 2.45) is 0 Å². The summed E-state index contributed by atoms with van der Waals surface area (Å²) in [6.07, 6.45) is 0.855. The second-order valence-corrected chi connectivity index (χ2v) is 7.46. The fraction of sp³-hybridized carbons (Fsp3) is 0.227. The van der Waals surface area contributed by atoms with Crippen molar-refractivity contribution in [3.8, 4) is 0 Å². The number of carbonyl (C=O) groups is 1. The van der Waals surface area contributed by atoms with E-state index < -0.39 is 0 Å². The van der Waals surface area contributed by atoms with E-state index >= 15 is 0 Å². The first kappa shape index (κ1) is 18.4. The molecule has 1 aromatic heterocycles. The predicted molar refractivity (Wildman–Crippen MR) is 112 cm³/mol. The van der Waals surface area contributed by atoms with Gasteiger partial charge in [-0.25, -0.2) is 9.97 Å². The lowest BCUT2D eigenvalue weighted by Gasteiger charge is -2.22. The van der Waals surface area contributed by atoms with Crippen LogP contribution in [0.4, 0.5) is 11.5 Å². The fourth-order valence-corrected chi connectivity index (χ4v) is 3.69. The van der Waals surface area contributed by atoms with Crippen molar-refractivity contribution >= 4 is 29.0 Å². The third kappa shape index (κ3) is 3.71. The number of nitrogens with zero attached hydrogens (tertiary/aromatic N) is 3. The zero-order valence-electron chi connectivity index (χ0n) is 15.8. The van der Waals surface area contributed by atoms with Crippen molar-refractivity contribution < 1.29 is 4.79 Å². The molecule has 2 heterocycles. The van der Waals surface area contributed by atoms with Gasteiger partial charge in [0.05, 0.1) is 0 Å². The number of aryl methyl sites for hydroxylation is 1. The molecule has 0 saturated carbocycles. The first-order valence-corrected chi connectivity index (χ1v) is 9.64. The van der Waals surface area contributed by atoms with E-state index in [0.29, 0.717) is 28.9 Å². The van der Waals surface area contributed by atoms with Gasteiger partial charge < -0.3 is 10.2 Å². The number of hydrogen-bond donors (Lipinski definition) is 1. The Bertz CT molecular complexity index is 1020. The lowest BCUT2D eigenvalue weighted by atomic mass is 10.1. The first-order valence-electron chi connectivity index (χ1n) is 9.27. The van der Waals surface area contributed by atoms with Crippen LogP contribution >= 0.6 is 11.6 Å². The monoisotopic (exact) mass is 392 g/mol. The number of aromatic nitrogens is 2. The Labute approximate surface area is 169 Å². The molecule has 4 rings (SSSR count). The average Bonchev–Trinajstić information content (AvgIpc) is 3.02. The van der Waals surface area contributed by atoms with Crippen molar-refractivity contribution in [1.29, 1.82) is 0 Å². The smallest absolute Gasteiger partial charge is 0.277 e. The minimum atomic E-state index is -0.0995. The third-order valence-corrected chi connectivity index (χ3v) is 5.12. The van der Waals surface area contributed by atoms with Gasteiger partial charge in [0.25, 0.3) is 5.91 Å². The topological polar surface area (TPSA) is 58.1 Å². The van der Waals surface area contributed by atoms with E-state index in [0.717, 1.165) is 17.7 Å². The van der Waals surface area contributed by atoms with E-state index in [-0.39, 0.29) is 11.9 Å². The molecule has 0 fully saturated rings. The maximum Gasteiger partial charge on any atom is 0.277 e. The van der Waals surface area contributed by atoms with Crippen LogP contribution in [0.2, 0.25) is 5.02 Å². The summed E-state index contributed by atoms with van der Waals surface area (Å²) in [6, 6.07) is 17.5. The van der Waals surface area contributed by atoms with Gasteiger partial charge in [-0.15, -0.1) is 0 Å². The summed E-state index contributed by atoms with van der Waals surface area (Å²) in [7, 11) is 0. The van der Waals surface area contributed by atoms with Gasteiger partial charge in [-0.2, -0.15) is 0 Å². The molecule has 0 bridgehead atoms. The molecule has 1 aliphatic heterocycles. The van der Waals surface area contributed by atoms with E-state index in [1.807, 2.05) is 47.4 Å². The number of rotatable bonds is 4. The van der Waals surface area contributed by atoms with Crippen LogP contribution in [0.15, 0.2) is 54.6 Å². The molecule has 28 heavy (non-hydrogen) atoms. The Morgan fingerprint density at radius 1 is 1.18 bits per heavy atom. The number of carbonyl (C=O) groups excluding carboxylic acids is 1. The molecular formula is C22H21ClN4O. The number of benzene rings is 2. The highest BCUT2D eigenvalue weighted by molar-refractivity contribution is 6.30. The van der Waals surface area contributed by atoms with Gasteiger partial charge in [0.2, 0.25) is 0 Å². The van der Waals surface area contributed by atoms with Crippen molar-refractivity contribution in [3.63, 3.8) is 0 Å². The van der Waals surface area contributed by atoms with Gasteiger partial charge in [0, 0.05) is 29.4 Å². The second kappa shape index (κ2) is 7.60. The molecule has 0 saturated heterocycles. The standard InChI is InChI=1S/C22H21ClN4O/c1-14-11-17-5-3-4-6-20(17)27(14)22(28)19-12-21(26-15(2)25-19)24-13-16-7-9-18(23)10-8-16/h3-10,12,14H,11,13H2,1-2H3,(H,24,25,26). The second-order valence-electron chi connectivity index (χ2n) is 7.02. The summed E-state index contributed by atoms with van der Waals surface area (Å²) in [5.74, 6) is 1.09. The largest absolute Gasteiger partial charge is 0.366 e. The van der Waals surface area contributed by atoms with Gasteiger partial charge in [0.1, 0.15) is 17.3 Å². The van der Waals surface area contributed by atoms with E-state index in [4.69, 9.17) is 11.6 Å². The van der Waals surface area contributed by atoms with Crippen LogP contribution in [-0.4, -0.2) is 21.9 Å². The normalized spacial score (nSPS) is 15.4. The van der Waals surface area contributed by atoms with Crippen LogP contribution < -0.4 is 10.2 Å². The molecule has 1 N–H and O–H groups in total. The highest BCUT2D eigenvalue weighted by Gasteiger charge is 2.32. The van der Waals surface area contributed by atoms with Crippen LogP contribution in [0.3, 0.4) is 0 Å². The van der Waals surface area contributed by atoms with Crippen LogP contribution in [0.1, 0.15) is 34.4 Å². The van der Waals surface area contributed by atoms with Crippen LogP contribution in [-0.2, 0) is 13.0 Å². The minimum absolute atomic E-state index is 0.0995. The number of nitrogens with one attached hydrogen (secondary N) is 1. The molecule has 1 aliphatic rings. The summed E-state index contributed by atoms with van der Waals surface area (Å²) in [4.78, 5) is 23.9. The maximum absolute atomic E-state index is 13.2. The highest BCUT2D eigenvalue weighted by Crippen LogP contribution is 2.33. The van der Waals surface area contributed by atoms with Crippen molar-refractivity contribution in [3.05, 3.63) is 82.3 Å². The molecule has 3 aromatic rings. The van der Waals surface area contributed by atoms with Crippen molar-refractivity contribution in [2.45, 2.75) is 32.9 Å². The Morgan fingerprint density at radius 3 is 2.71 bits per heavy atom. The third-order valence-electron chi connectivity index (χ3n) is 4.87. The lowest BCUT2D eigenvalue weighted by Crippen LogP contribution is -2.36. The van der Waals surface area contributed by atoms with E-state index in [2.05, 4.69) is 28.3 Å². The molecular weight excluding hydrogens is 372 g/mol. The van der Waals surface area contributed by atoms with Gasteiger partial charge >= 0.3 is 0 Å². The number of para-hydroxylation sites is 1. The predicted octanol–water partition coefficient (Wildman–Crippen LogP) is 4.64. The Hall–Kier alpha value is -2.92. The maximum atomic E-state index is 13.2. The first-order chi connectivity index (χ1) is 13.5. The van der Waals surface area contributed by atoms with Crippen LogP contribution in [0.5, 0.6) is 0 Å². The van der Waals surface area contributed by atoms with Gasteiger partial charge in [0.15, 0.2) is 0 Å². The van der Waals surface area contributed by atoms with Gasteiger partial charge in [-0.1, -0.05) is 41.9 Å². The Balaban J connectivity index is 1.56. The number of anilines is 2. The summed E-state index contributed by atoms with van der Waals surface area (Å²) in [5.41, 5.74) is 3.63. The summed E-state index contributed by atoms with van der Waals surface area (Å²) in [6.45, 7) is 4.45. The SMILES string of the molecule is Cc1nc(NCc2ccc(Cl)cc2)cc(C(=O)N2c3ccccc3CC2C)n1. The van der Waals surface area contributed by atoms with Crippen molar-refractivity contribution in [1.82, 2.24) is 9.97 Å². The molecule has 1 unspecified atom stereocenters. The van der Waals surface area contributed by atoms with Crippen LogP contribution in [0, 0.1) is 6.92 Å². The molecule has 0 aliphatic carbocycles. The van der Waals surface area contributed by atoms with E-state index in [1.54, 1.807) is 13.0 Å². The zero-order chi connectivity index (χ0) is 19.7. The van der Waals surface area contributed by atoms with Gasteiger partial charge in [-0.05, 0) is 49.6 Å². The van der Waals surface area contributed by atoms with Gasteiger partial charge in [-0.3, -0.25) is 4.79 Å². The zero-order valence-corrected chi connectivity index (χ0v) is 16.6. The summed E-state index contributed by atoms with van der Waals surface area (Å²) >= 11 is 5.93. The molecule has 1 amide bonds. The Morgan fingerprint density at radius 2 is 1.93 bits per heavy atom. The summed E-state index contributed by atoms with van der Waals surface area (Å²) in [5, 5.41) is 3.98. The number of fused-ring (bicyclic) bond motifs is 1. The summed E-state index contributed by atoms with van der Waals surface area (Å²) < 4.78 is 0. The number of amides is 1. The molecule has 0 radical (unpaired) electrons. The Kier molecular flexibility index (Phi) is 5.01. The number of halogens is 1. The quantitative estimate of drug-likeness (QED) is 0.702. The number of hydrogen-bond acceptors (Lipinski definition) is 4.